The molecule has 192 valence electrons. The number of halogens is 2. The Morgan fingerprint density at radius 3 is 2.67 bits per heavy atom. The van der Waals surface area contributed by atoms with Gasteiger partial charge in [-0.25, -0.2) is 18.7 Å². The van der Waals surface area contributed by atoms with Crippen LogP contribution in [-0.2, 0) is 4.79 Å². The highest BCUT2D eigenvalue weighted by molar-refractivity contribution is 5.92. The number of aryl methyl sites for hydroxylation is 1. The highest BCUT2D eigenvalue weighted by atomic mass is 19.1. The van der Waals surface area contributed by atoms with Crippen LogP contribution in [0.15, 0.2) is 60.7 Å². The number of rotatable bonds is 5. The van der Waals surface area contributed by atoms with Gasteiger partial charge in [0.1, 0.15) is 23.2 Å². The molecule has 2 heterocycles. The lowest BCUT2D eigenvalue weighted by Crippen LogP contribution is -2.40. The molecule has 1 fully saturated rings. The van der Waals surface area contributed by atoms with Crippen LogP contribution in [0.5, 0.6) is 5.75 Å². The zero-order valence-electron chi connectivity index (χ0n) is 19.4. The normalized spacial score (nSPS) is 16.3. The van der Waals surface area contributed by atoms with Crippen molar-refractivity contribution in [3.63, 3.8) is 0 Å². The van der Waals surface area contributed by atoms with Crippen molar-refractivity contribution in [1.82, 2.24) is 15.3 Å². The minimum atomic E-state index is -1.42. The summed E-state index contributed by atoms with van der Waals surface area (Å²) in [5.41, 5.74) is 1.80. The van der Waals surface area contributed by atoms with Crippen molar-refractivity contribution in [3.05, 3.63) is 83.4 Å². The highest BCUT2D eigenvalue weighted by Gasteiger charge is 2.29. The molecular weight excluding hydrogens is 466 g/mol. The van der Waals surface area contributed by atoms with Gasteiger partial charge in [0.2, 0.25) is 0 Å². The molecule has 0 saturated carbocycles. The maximum atomic E-state index is 14.6. The summed E-state index contributed by atoms with van der Waals surface area (Å²) >= 11 is 0. The molecule has 0 radical (unpaired) electrons. The van der Waals surface area contributed by atoms with Crippen LogP contribution >= 0.6 is 0 Å². The summed E-state index contributed by atoms with van der Waals surface area (Å²) in [6.07, 6.45) is -0.822. The number of fused-ring (bicyclic) bond motifs is 1. The molecular formula is C27H32F2N4O3. The van der Waals surface area contributed by atoms with Gasteiger partial charge in [-0.15, -0.1) is 0 Å². The Labute approximate surface area is 212 Å². The van der Waals surface area contributed by atoms with Crippen molar-refractivity contribution in [1.29, 1.82) is 0 Å². The van der Waals surface area contributed by atoms with Crippen molar-refractivity contribution in [3.8, 4) is 17.1 Å². The molecule has 9 heteroatoms. The number of hydrogen-bond donors (Lipinski definition) is 3. The first-order valence-electron chi connectivity index (χ1n) is 11.6. The van der Waals surface area contributed by atoms with Gasteiger partial charge in [0.15, 0.2) is 11.9 Å². The number of aliphatic hydroxyl groups excluding tert-OH is 1. The maximum absolute atomic E-state index is 14.6. The molecule has 1 saturated heterocycles. The van der Waals surface area contributed by atoms with Crippen molar-refractivity contribution in [2.45, 2.75) is 25.5 Å². The molecule has 3 N–H and O–H groups in total. The Hall–Kier alpha value is -4.11. The van der Waals surface area contributed by atoms with E-state index in [1.54, 1.807) is 0 Å². The van der Waals surface area contributed by atoms with E-state index in [9.17, 15) is 23.8 Å². The van der Waals surface area contributed by atoms with E-state index in [2.05, 4.69) is 15.3 Å². The molecule has 1 unspecified atom stereocenters. The molecule has 1 aliphatic heterocycles. The summed E-state index contributed by atoms with van der Waals surface area (Å²) < 4.78 is 27.8. The minimum absolute atomic E-state index is 0. The fourth-order valence-electron chi connectivity index (χ4n) is 4.46. The zero-order valence-corrected chi connectivity index (χ0v) is 19.4. The third-order valence-electron chi connectivity index (χ3n) is 6.32. The van der Waals surface area contributed by atoms with Gasteiger partial charge in [-0.05, 0) is 60.9 Å². The number of phenolic OH excluding ortho intramolecular Hbond substituents is 1. The van der Waals surface area contributed by atoms with Gasteiger partial charge in [-0.2, -0.15) is 0 Å². The number of nitrogens with one attached hydrogen (secondary N) is 1. The van der Waals surface area contributed by atoms with E-state index in [1.165, 1.54) is 42.5 Å². The molecule has 0 bridgehead atoms. The Bertz CT molecular complexity index is 1440. The largest absolute Gasteiger partial charge is 0.507 e. The SMILES string of the molecule is Cc1ccc2c(N3CC[C@@H](NC(=O)C(O)c4ccc(F)cc4)C3)nc(-c3c(O)cccc3F)nc2c1.[HH].[HH].[HH].[HH]. The van der Waals surface area contributed by atoms with Crippen LogP contribution in [0.25, 0.3) is 22.3 Å². The monoisotopic (exact) mass is 498 g/mol. The number of carbonyl (C=O) groups is 1. The fraction of sp³-hybridized carbons (Fsp3) is 0.222. The van der Waals surface area contributed by atoms with Gasteiger partial charge < -0.3 is 20.4 Å². The number of aromatic hydroxyl groups is 1. The van der Waals surface area contributed by atoms with Crippen LogP contribution in [0.1, 0.15) is 29.4 Å². The summed E-state index contributed by atoms with van der Waals surface area (Å²) in [7, 11) is 0. The number of amides is 1. The number of nitrogens with zero attached hydrogens (tertiary/aromatic N) is 3. The average molecular weight is 499 g/mol. The molecule has 36 heavy (non-hydrogen) atoms. The molecule has 2 atom stereocenters. The molecule has 1 aliphatic rings. The van der Waals surface area contributed by atoms with Crippen molar-refractivity contribution in [2.75, 3.05) is 18.0 Å². The number of aromatic nitrogens is 2. The van der Waals surface area contributed by atoms with Crippen molar-refractivity contribution < 1.29 is 29.5 Å². The van der Waals surface area contributed by atoms with E-state index >= 15 is 0 Å². The predicted octanol–water partition coefficient (Wildman–Crippen LogP) is 5.00. The van der Waals surface area contributed by atoms with E-state index in [0.29, 0.717) is 36.4 Å². The second kappa shape index (κ2) is 9.50. The van der Waals surface area contributed by atoms with Crippen LogP contribution < -0.4 is 10.2 Å². The average Bonchev–Trinajstić information content (AvgIpc) is 3.31. The third kappa shape index (κ3) is 4.57. The lowest BCUT2D eigenvalue weighted by Gasteiger charge is -2.21. The number of aliphatic hydroxyl groups is 1. The van der Waals surface area contributed by atoms with E-state index < -0.39 is 23.6 Å². The summed E-state index contributed by atoms with van der Waals surface area (Å²) in [6, 6.07) is 14.6. The first-order chi connectivity index (χ1) is 17.3. The molecule has 5 rings (SSSR count). The molecule has 3 aromatic carbocycles. The van der Waals surface area contributed by atoms with Crippen LogP contribution in [0, 0.1) is 18.6 Å². The van der Waals surface area contributed by atoms with Crippen LogP contribution in [-0.4, -0.2) is 45.2 Å². The maximum Gasteiger partial charge on any atom is 0.253 e. The van der Waals surface area contributed by atoms with Gasteiger partial charge >= 0.3 is 0 Å². The number of carbonyl (C=O) groups excluding carboxylic acids is 1. The lowest BCUT2D eigenvalue weighted by molar-refractivity contribution is -0.130. The van der Waals surface area contributed by atoms with Crippen molar-refractivity contribution in [2.24, 2.45) is 0 Å². The van der Waals surface area contributed by atoms with Crippen LogP contribution in [0.3, 0.4) is 0 Å². The van der Waals surface area contributed by atoms with E-state index in [1.807, 2.05) is 30.0 Å². The summed E-state index contributed by atoms with van der Waals surface area (Å²) in [6.45, 7) is 2.89. The van der Waals surface area contributed by atoms with Gasteiger partial charge in [-0.1, -0.05) is 24.3 Å². The molecule has 0 aliphatic carbocycles. The van der Waals surface area contributed by atoms with Gasteiger partial charge in [0, 0.05) is 30.2 Å². The van der Waals surface area contributed by atoms with Crippen LogP contribution in [0.2, 0.25) is 0 Å². The van der Waals surface area contributed by atoms with Gasteiger partial charge in [0.05, 0.1) is 11.1 Å². The number of benzene rings is 3. The smallest absolute Gasteiger partial charge is 0.253 e. The number of hydrogen-bond acceptors (Lipinski definition) is 6. The third-order valence-corrected chi connectivity index (χ3v) is 6.32. The molecule has 1 amide bonds. The van der Waals surface area contributed by atoms with E-state index in [4.69, 9.17) is 0 Å². The first kappa shape index (κ1) is 23.6. The van der Waals surface area contributed by atoms with Crippen LogP contribution in [0.4, 0.5) is 14.6 Å². The fourth-order valence-corrected chi connectivity index (χ4v) is 4.46. The molecule has 7 nitrogen and oxygen atoms in total. The molecule has 1 aromatic heterocycles. The second-order valence-electron chi connectivity index (χ2n) is 8.92. The predicted molar refractivity (Wildman–Crippen MR) is 140 cm³/mol. The first-order valence-corrected chi connectivity index (χ1v) is 11.6. The zero-order chi connectivity index (χ0) is 25.4. The highest BCUT2D eigenvalue weighted by Crippen LogP contribution is 2.34. The Kier molecular flexibility index (Phi) is 6.24. The Balaban J connectivity index is 0.00000200. The molecule has 0 spiro atoms. The summed E-state index contributed by atoms with van der Waals surface area (Å²) in [5.74, 6) is -1.28. The molecule has 4 aromatic rings. The minimum Gasteiger partial charge on any atom is -0.507 e. The number of anilines is 1. The van der Waals surface area contributed by atoms with Crippen molar-refractivity contribution >= 4 is 22.6 Å². The van der Waals surface area contributed by atoms with E-state index in [0.717, 1.165) is 10.9 Å². The van der Waals surface area contributed by atoms with Gasteiger partial charge in [0.25, 0.3) is 5.91 Å². The topological polar surface area (TPSA) is 98.6 Å². The quantitative estimate of drug-likeness (QED) is 0.358. The lowest BCUT2D eigenvalue weighted by atomic mass is 10.1. The Morgan fingerprint density at radius 1 is 1.14 bits per heavy atom. The Morgan fingerprint density at radius 2 is 1.92 bits per heavy atom. The second-order valence-corrected chi connectivity index (χ2v) is 8.92. The van der Waals surface area contributed by atoms with Gasteiger partial charge in [-0.3, -0.25) is 4.79 Å². The standard InChI is InChI=1S/C27H24F2N4O3.4H2/c1-15-5-10-19-21(13-15)31-25(23-20(29)3-2-4-22(23)34)32-26(19)33-12-11-18(14-33)30-27(36)24(35)16-6-8-17(28)9-7-16;;;;/h2-10,13,18,24,34-35H,11-12,14H2,1H3,(H,30,36);4*1H/t18-,24?;;;;/m1..../s1. The number of phenols is 1. The van der Waals surface area contributed by atoms with E-state index in [-0.39, 0.29) is 28.9 Å². The summed E-state index contributed by atoms with van der Waals surface area (Å²) in [4.78, 5) is 23.7. The summed E-state index contributed by atoms with van der Waals surface area (Å²) in [5, 5.41) is 24.3.